The molecule has 0 aliphatic heterocycles. The fraction of sp³-hybridized carbons (Fsp3) is 0.167. The number of rotatable bonds is 2. The van der Waals surface area contributed by atoms with E-state index in [2.05, 4.69) is 9.72 Å². The predicted octanol–water partition coefficient (Wildman–Crippen LogP) is 3.13. The van der Waals surface area contributed by atoms with Crippen LogP contribution in [0.4, 0.5) is 0 Å². The molecule has 23 heavy (non-hydrogen) atoms. The maximum Gasteiger partial charge on any atom is 0.337 e. The number of carbonyl (C=O) groups excluding carboxylic acids is 2. The Morgan fingerprint density at radius 3 is 2.26 bits per heavy atom. The van der Waals surface area contributed by atoms with Crippen molar-refractivity contribution in [3.05, 3.63) is 65.0 Å². The molecular weight excluding hydrogens is 292 g/mol. The lowest BCUT2D eigenvalue weighted by Crippen LogP contribution is -2.11. The number of nitrogens with zero attached hydrogens (tertiary/aromatic N) is 2. The van der Waals surface area contributed by atoms with Gasteiger partial charge in [-0.15, -0.1) is 0 Å². The van der Waals surface area contributed by atoms with Gasteiger partial charge in [0.2, 0.25) is 0 Å². The average molecular weight is 308 g/mol. The van der Waals surface area contributed by atoms with Gasteiger partial charge in [-0.25, -0.2) is 9.78 Å². The highest BCUT2D eigenvalue weighted by atomic mass is 16.5. The van der Waals surface area contributed by atoms with Gasteiger partial charge in [-0.05, 0) is 61.4 Å². The molecule has 0 amide bonds. The minimum atomic E-state index is -0.428. The number of ether oxygens (including phenoxy) is 1. The first-order valence-corrected chi connectivity index (χ1v) is 7.18. The molecule has 0 fully saturated rings. The molecule has 0 aliphatic rings. The van der Waals surface area contributed by atoms with Crippen LogP contribution in [0.1, 0.15) is 31.8 Å². The van der Waals surface area contributed by atoms with Crippen molar-refractivity contribution in [1.82, 2.24) is 9.55 Å². The van der Waals surface area contributed by atoms with Crippen molar-refractivity contribution in [1.29, 1.82) is 0 Å². The zero-order valence-corrected chi connectivity index (χ0v) is 13.2. The Balaban J connectivity index is 2.00. The van der Waals surface area contributed by atoms with Gasteiger partial charge in [-0.1, -0.05) is 0 Å². The fourth-order valence-electron chi connectivity index (χ4n) is 2.43. The maximum atomic E-state index is 12.7. The summed E-state index contributed by atoms with van der Waals surface area (Å²) in [6, 6.07) is 10.3. The van der Waals surface area contributed by atoms with Crippen molar-refractivity contribution in [2.24, 2.45) is 0 Å². The molecule has 0 atom stereocenters. The molecule has 5 heteroatoms. The number of hydrogen-bond donors (Lipinski definition) is 0. The van der Waals surface area contributed by atoms with Crippen LogP contribution in [-0.2, 0) is 4.74 Å². The first kappa shape index (κ1) is 15.0. The third kappa shape index (κ3) is 2.61. The zero-order chi connectivity index (χ0) is 16.6. The van der Waals surface area contributed by atoms with E-state index in [1.807, 2.05) is 26.0 Å². The van der Waals surface area contributed by atoms with Crippen LogP contribution in [0, 0.1) is 13.8 Å². The molecule has 5 nitrogen and oxygen atoms in total. The molecule has 0 radical (unpaired) electrons. The Morgan fingerprint density at radius 1 is 1.00 bits per heavy atom. The Bertz CT molecular complexity index is 908. The molecule has 3 aromatic rings. The van der Waals surface area contributed by atoms with Crippen LogP contribution in [0.3, 0.4) is 0 Å². The van der Waals surface area contributed by atoms with Crippen LogP contribution in [0.15, 0.2) is 42.7 Å². The average Bonchev–Trinajstić information content (AvgIpc) is 2.96. The van der Waals surface area contributed by atoms with Gasteiger partial charge in [-0.3, -0.25) is 9.36 Å². The molecule has 2 aromatic carbocycles. The largest absolute Gasteiger partial charge is 0.465 e. The molecule has 0 saturated heterocycles. The highest BCUT2D eigenvalue weighted by Gasteiger charge is 2.14. The monoisotopic (exact) mass is 308 g/mol. The van der Waals surface area contributed by atoms with E-state index in [0.717, 1.165) is 22.2 Å². The first-order valence-electron chi connectivity index (χ1n) is 7.18. The van der Waals surface area contributed by atoms with Crippen LogP contribution in [0.25, 0.3) is 11.0 Å². The summed E-state index contributed by atoms with van der Waals surface area (Å²) in [4.78, 5) is 28.4. The van der Waals surface area contributed by atoms with E-state index < -0.39 is 5.97 Å². The van der Waals surface area contributed by atoms with E-state index in [0.29, 0.717) is 11.1 Å². The zero-order valence-electron chi connectivity index (χ0n) is 13.2. The van der Waals surface area contributed by atoms with Crippen LogP contribution in [0.2, 0.25) is 0 Å². The summed E-state index contributed by atoms with van der Waals surface area (Å²) in [7, 11) is 1.32. The Morgan fingerprint density at radius 2 is 1.61 bits per heavy atom. The van der Waals surface area contributed by atoms with Crippen molar-refractivity contribution < 1.29 is 14.3 Å². The summed E-state index contributed by atoms with van der Waals surface area (Å²) in [6.07, 6.45) is 1.53. The van der Waals surface area contributed by atoms with Gasteiger partial charge in [0.05, 0.1) is 23.7 Å². The molecule has 0 unspecified atom stereocenters. The SMILES string of the molecule is COC(=O)c1ccc(C(=O)n2cnc3cc(C)c(C)cc32)cc1. The third-order valence-corrected chi connectivity index (χ3v) is 3.93. The van der Waals surface area contributed by atoms with Gasteiger partial charge in [0.25, 0.3) is 5.91 Å². The summed E-state index contributed by atoms with van der Waals surface area (Å²) in [5.74, 6) is -0.615. The summed E-state index contributed by atoms with van der Waals surface area (Å²) in [5, 5.41) is 0. The summed E-state index contributed by atoms with van der Waals surface area (Å²) in [5.41, 5.74) is 4.69. The lowest BCUT2D eigenvalue weighted by molar-refractivity contribution is 0.0600. The Labute approximate surface area is 133 Å². The second-order valence-electron chi connectivity index (χ2n) is 5.41. The molecule has 1 heterocycles. The van der Waals surface area contributed by atoms with Crippen LogP contribution in [-0.4, -0.2) is 28.5 Å². The summed E-state index contributed by atoms with van der Waals surface area (Å²) in [6.45, 7) is 4.02. The number of aryl methyl sites for hydroxylation is 2. The van der Waals surface area contributed by atoms with Crippen molar-refractivity contribution in [2.45, 2.75) is 13.8 Å². The topological polar surface area (TPSA) is 61.2 Å². The molecule has 116 valence electrons. The maximum absolute atomic E-state index is 12.7. The molecule has 0 N–H and O–H groups in total. The first-order chi connectivity index (χ1) is 11.0. The van der Waals surface area contributed by atoms with Crippen LogP contribution in [0.5, 0.6) is 0 Å². The minimum absolute atomic E-state index is 0.188. The number of benzene rings is 2. The van der Waals surface area contributed by atoms with Gasteiger partial charge in [0, 0.05) is 5.56 Å². The predicted molar refractivity (Wildman–Crippen MR) is 86.7 cm³/mol. The second-order valence-corrected chi connectivity index (χ2v) is 5.41. The lowest BCUT2D eigenvalue weighted by Gasteiger charge is -2.06. The second kappa shape index (κ2) is 5.68. The molecule has 0 spiro atoms. The van der Waals surface area contributed by atoms with Crippen molar-refractivity contribution >= 4 is 22.9 Å². The lowest BCUT2D eigenvalue weighted by atomic mass is 10.1. The Hall–Kier alpha value is -2.95. The van der Waals surface area contributed by atoms with Gasteiger partial charge >= 0.3 is 5.97 Å². The van der Waals surface area contributed by atoms with Crippen molar-refractivity contribution in [3.63, 3.8) is 0 Å². The van der Waals surface area contributed by atoms with Gasteiger partial charge in [0.1, 0.15) is 6.33 Å². The highest BCUT2D eigenvalue weighted by Crippen LogP contribution is 2.19. The number of hydrogen-bond acceptors (Lipinski definition) is 4. The molecule has 1 aromatic heterocycles. The molecule has 3 rings (SSSR count). The summed E-state index contributed by atoms with van der Waals surface area (Å²) < 4.78 is 6.17. The van der Waals surface area contributed by atoms with Crippen LogP contribution < -0.4 is 0 Å². The van der Waals surface area contributed by atoms with E-state index in [9.17, 15) is 9.59 Å². The third-order valence-electron chi connectivity index (χ3n) is 3.93. The normalized spacial score (nSPS) is 10.7. The van der Waals surface area contributed by atoms with Crippen molar-refractivity contribution in [2.75, 3.05) is 7.11 Å². The number of methoxy groups -OCH3 is 1. The van der Waals surface area contributed by atoms with E-state index in [-0.39, 0.29) is 5.91 Å². The number of fused-ring (bicyclic) bond motifs is 1. The van der Waals surface area contributed by atoms with Gasteiger partial charge in [-0.2, -0.15) is 0 Å². The fourth-order valence-corrected chi connectivity index (χ4v) is 2.43. The number of carbonyl (C=O) groups is 2. The van der Waals surface area contributed by atoms with E-state index in [1.54, 1.807) is 24.3 Å². The highest BCUT2D eigenvalue weighted by molar-refractivity contribution is 6.02. The minimum Gasteiger partial charge on any atom is -0.465 e. The molecular formula is C18H16N2O3. The molecule has 0 saturated carbocycles. The van der Waals surface area contributed by atoms with Crippen molar-refractivity contribution in [3.8, 4) is 0 Å². The number of esters is 1. The van der Waals surface area contributed by atoms with Crippen LogP contribution >= 0.6 is 0 Å². The standard InChI is InChI=1S/C18H16N2O3/c1-11-8-15-16(9-12(11)2)20(10-19-15)17(21)13-4-6-14(7-5-13)18(22)23-3/h4-10H,1-3H3. The number of imidazole rings is 1. The van der Waals surface area contributed by atoms with Gasteiger partial charge in [0.15, 0.2) is 0 Å². The Kier molecular flexibility index (Phi) is 3.70. The van der Waals surface area contributed by atoms with E-state index in [1.165, 1.54) is 18.0 Å². The van der Waals surface area contributed by atoms with E-state index >= 15 is 0 Å². The smallest absolute Gasteiger partial charge is 0.337 e. The van der Waals surface area contributed by atoms with Gasteiger partial charge < -0.3 is 4.74 Å². The van der Waals surface area contributed by atoms with E-state index in [4.69, 9.17) is 0 Å². The molecule has 0 bridgehead atoms. The molecule has 0 aliphatic carbocycles. The summed E-state index contributed by atoms with van der Waals surface area (Å²) >= 11 is 0. The number of aromatic nitrogens is 2. The quantitative estimate of drug-likeness (QED) is 0.682.